The molecule has 0 aromatic heterocycles. The Morgan fingerprint density at radius 2 is 1.62 bits per heavy atom. The molecular formula is C25H34O9. The van der Waals surface area contributed by atoms with Crippen LogP contribution in [0.3, 0.4) is 0 Å². The zero-order chi connectivity index (χ0) is 25.5. The number of aliphatic hydroxyl groups is 2. The second-order valence-electron chi connectivity index (χ2n) is 10.7. The highest BCUT2D eigenvalue weighted by Crippen LogP contribution is 2.66. The molecule has 0 unspecified atom stereocenters. The second-order valence-corrected chi connectivity index (χ2v) is 10.7. The lowest BCUT2D eigenvalue weighted by atomic mass is 9.46. The number of hydrogen-bond donors (Lipinski definition) is 4. The predicted molar refractivity (Wildman–Crippen MR) is 119 cm³/mol. The Kier molecular flexibility index (Phi) is 7.20. The summed E-state index contributed by atoms with van der Waals surface area (Å²) in [7, 11) is 0. The molecule has 4 aliphatic carbocycles. The Bertz CT molecular complexity index is 923. The summed E-state index contributed by atoms with van der Waals surface area (Å²) < 4.78 is 0. The first-order valence-corrected chi connectivity index (χ1v) is 11.9. The summed E-state index contributed by atoms with van der Waals surface area (Å²) in [4.78, 5) is 56.8. The molecule has 0 aromatic carbocycles. The number of hydrogen-bond acceptors (Lipinski definition) is 7. The highest BCUT2D eigenvalue weighted by Gasteiger charge is 2.68. The van der Waals surface area contributed by atoms with Crippen molar-refractivity contribution in [3.63, 3.8) is 0 Å². The quantitative estimate of drug-likeness (QED) is 0.461. The molecule has 188 valence electrons. The monoisotopic (exact) mass is 478 g/mol. The first kappa shape index (κ1) is 26.2. The standard InChI is InChI=1S/C21H28O5.C4H6O4/c1-19-7-5-13(23)9-12(19)3-4-14-15-6-8-21(26,17(25)11-22)20(15,2)10-16(24)18(14)19;5-3(6)1-2-4(7)8/h9,14-15,18,22,26H,3-8,10-11H2,1-2H3;1-2H2,(H,5,6)(H,7,8)/t14-,15-,18+,19-,20-,21-;/m0./s1. The van der Waals surface area contributed by atoms with E-state index in [1.54, 1.807) is 6.08 Å². The minimum atomic E-state index is -1.60. The van der Waals surface area contributed by atoms with E-state index >= 15 is 0 Å². The molecule has 0 amide bonds. The number of carboxylic acid groups (broad SMARTS) is 2. The number of aliphatic carboxylic acids is 2. The number of carbonyl (C=O) groups is 5. The zero-order valence-electron chi connectivity index (χ0n) is 19.7. The van der Waals surface area contributed by atoms with Crippen LogP contribution in [0.2, 0.25) is 0 Å². The third-order valence-corrected chi connectivity index (χ3v) is 8.96. The van der Waals surface area contributed by atoms with E-state index in [1.165, 1.54) is 0 Å². The average Bonchev–Trinajstić information content (AvgIpc) is 3.03. The van der Waals surface area contributed by atoms with E-state index in [1.807, 2.05) is 6.92 Å². The van der Waals surface area contributed by atoms with Crippen LogP contribution >= 0.6 is 0 Å². The van der Waals surface area contributed by atoms with Gasteiger partial charge in [-0.05, 0) is 55.4 Å². The number of carbonyl (C=O) groups excluding carboxylic acids is 3. The molecule has 6 atom stereocenters. The van der Waals surface area contributed by atoms with Crippen LogP contribution in [0.15, 0.2) is 11.6 Å². The molecule has 0 saturated heterocycles. The molecule has 9 heteroatoms. The number of rotatable bonds is 5. The molecule has 34 heavy (non-hydrogen) atoms. The predicted octanol–water partition coefficient (Wildman–Crippen LogP) is 1.93. The lowest BCUT2D eigenvalue weighted by Gasteiger charge is -2.57. The van der Waals surface area contributed by atoms with Gasteiger partial charge < -0.3 is 20.4 Å². The lowest BCUT2D eigenvalue weighted by Crippen LogP contribution is -2.60. The first-order valence-electron chi connectivity index (χ1n) is 11.9. The number of allylic oxidation sites excluding steroid dienone is 1. The molecule has 4 aliphatic rings. The van der Waals surface area contributed by atoms with Crippen LogP contribution in [-0.2, 0) is 24.0 Å². The van der Waals surface area contributed by atoms with Gasteiger partial charge >= 0.3 is 11.9 Å². The van der Waals surface area contributed by atoms with E-state index in [-0.39, 0.29) is 54.0 Å². The summed E-state index contributed by atoms with van der Waals surface area (Å²) in [5.74, 6) is -2.33. The van der Waals surface area contributed by atoms with Gasteiger partial charge in [-0.15, -0.1) is 0 Å². The summed E-state index contributed by atoms with van der Waals surface area (Å²) in [5, 5.41) is 36.3. The molecule has 3 saturated carbocycles. The lowest BCUT2D eigenvalue weighted by molar-refractivity contribution is -0.170. The normalized spacial score (nSPS) is 38.5. The van der Waals surface area contributed by atoms with Gasteiger partial charge in [-0.2, -0.15) is 0 Å². The number of carboxylic acids is 2. The van der Waals surface area contributed by atoms with Crippen LogP contribution in [0.1, 0.15) is 71.6 Å². The second kappa shape index (κ2) is 9.34. The van der Waals surface area contributed by atoms with Gasteiger partial charge in [0.05, 0.1) is 12.8 Å². The summed E-state index contributed by atoms with van der Waals surface area (Å²) in [6, 6.07) is 0. The Balaban J connectivity index is 0.000000350. The number of aliphatic hydroxyl groups excluding tert-OH is 1. The molecule has 4 rings (SSSR count). The summed E-state index contributed by atoms with van der Waals surface area (Å²) in [5.41, 5.74) is -1.55. The van der Waals surface area contributed by atoms with Crippen molar-refractivity contribution in [3.05, 3.63) is 11.6 Å². The molecule has 3 fully saturated rings. The van der Waals surface area contributed by atoms with Crippen LogP contribution in [-0.4, -0.2) is 61.9 Å². The van der Waals surface area contributed by atoms with Crippen molar-refractivity contribution in [1.82, 2.24) is 0 Å². The van der Waals surface area contributed by atoms with Crippen LogP contribution in [0.4, 0.5) is 0 Å². The van der Waals surface area contributed by atoms with Crippen LogP contribution < -0.4 is 0 Å². The maximum Gasteiger partial charge on any atom is 0.303 e. The molecule has 0 heterocycles. The fourth-order valence-corrected chi connectivity index (χ4v) is 7.19. The van der Waals surface area contributed by atoms with E-state index in [0.717, 1.165) is 18.4 Å². The molecule has 0 bridgehead atoms. The van der Waals surface area contributed by atoms with Crippen molar-refractivity contribution < 1.29 is 44.4 Å². The van der Waals surface area contributed by atoms with Crippen molar-refractivity contribution in [3.8, 4) is 0 Å². The topological polar surface area (TPSA) is 166 Å². The minimum Gasteiger partial charge on any atom is -0.481 e. The Morgan fingerprint density at radius 1 is 1.00 bits per heavy atom. The fraction of sp³-hybridized carbons (Fsp3) is 0.720. The van der Waals surface area contributed by atoms with Crippen molar-refractivity contribution in [2.24, 2.45) is 28.6 Å². The van der Waals surface area contributed by atoms with E-state index < -0.39 is 35.3 Å². The van der Waals surface area contributed by atoms with E-state index in [0.29, 0.717) is 25.7 Å². The van der Waals surface area contributed by atoms with Crippen molar-refractivity contribution in [2.75, 3.05) is 6.61 Å². The molecule has 0 spiro atoms. The maximum absolute atomic E-state index is 13.3. The van der Waals surface area contributed by atoms with Crippen LogP contribution in [0, 0.1) is 28.6 Å². The SMILES string of the molecule is C[C@]12CCC(=O)C=C1CC[C@@H]1[C@@H]2C(=O)C[C@@]2(C)[C@H]1CC[C@]2(O)C(=O)CO.O=C(O)CCC(=O)O. The molecule has 9 nitrogen and oxygen atoms in total. The summed E-state index contributed by atoms with van der Waals surface area (Å²) in [6.07, 6.45) is 5.23. The molecule has 0 radical (unpaired) electrons. The average molecular weight is 479 g/mol. The minimum absolute atomic E-state index is 0.0988. The van der Waals surface area contributed by atoms with Gasteiger partial charge in [0.2, 0.25) is 0 Å². The fourth-order valence-electron chi connectivity index (χ4n) is 7.19. The van der Waals surface area contributed by atoms with Crippen LogP contribution in [0.25, 0.3) is 0 Å². The van der Waals surface area contributed by atoms with Crippen molar-refractivity contribution >= 4 is 29.3 Å². The highest BCUT2D eigenvalue weighted by molar-refractivity contribution is 5.94. The van der Waals surface area contributed by atoms with Gasteiger partial charge in [0, 0.05) is 24.2 Å². The third-order valence-electron chi connectivity index (χ3n) is 8.96. The van der Waals surface area contributed by atoms with Gasteiger partial charge in [0.15, 0.2) is 11.6 Å². The molecule has 4 N–H and O–H groups in total. The van der Waals surface area contributed by atoms with Crippen LogP contribution in [0.5, 0.6) is 0 Å². The van der Waals surface area contributed by atoms with E-state index in [9.17, 15) is 34.2 Å². The largest absolute Gasteiger partial charge is 0.481 e. The Labute approximate surface area is 198 Å². The van der Waals surface area contributed by atoms with Gasteiger partial charge in [0.1, 0.15) is 18.0 Å². The maximum atomic E-state index is 13.3. The van der Waals surface area contributed by atoms with Crippen molar-refractivity contribution in [1.29, 1.82) is 0 Å². The molecule has 0 aromatic rings. The van der Waals surface area contributed by atoms with Gasteiger partial charge in [-0.1, -0.05) is 19.4 Å². The van der Waals surface area contributed by atoms with E-state index in [4.69, 9.17) is 10.2 Å². The third kappa shape index (κ3) is 4.24. The Morgan fingerprint density at radius 3 is 2.18 bits per heavy atom. The molecular weight excluding hydrogens is 444 g/mol. The number of ketones is 3. The first-order chi connectivity index (χ1) is 15.8. The van der Waals surface area contributed by atoms with Crippen molar-refractivity contribution in [2.45, 2.75) is 77.2 Å². The Hall–Kier alpha value is -2.39. The number of Topliss-reactive ketones (excluding diaryl/α,β-unsaturated/α-hetero) is 2. The number of fused-ring (bicyclic) bond motifs is 5. The zero-order valence-corrected chi connectivity index (χ0v) is 19.7. The smallest absolute Gasteiger partial charge is 0.303 e. The summed E-state index contributed by atoms with van der Waals surface area (Å²) in [6.45, 7) is 3.31. The van der Waals surface area contributed by atoms with Gasteiger partial charge in [-0.25, -0.2) is 0 Å². The molecule has 0 aliphatic heterocycles. The van der Waals surface area contributed by atoms with E-state index in [2.05, 4.69) is 6.92 Å². The summed E-state index contributed by atoms with van der Waals surface area (Å²) >= 11 is 0. The highest BCUT2D eigenvalue weighted by atomic mass is 16.4. The van der Waals surface area contributed by atoms with Gasteiger partial charge in [-0.3, -0.25) is 24.0 Å². The van der Waals surface area contributed by atoms with Gasteiger partial charge in [0.25, 0.3) is 0 Å².